The first kappa shape index (κ1) is 33.1. The number of benzene rings is 2. The highest BCUT2D eigenvalue weighted by atomic mass is 19.4. The van der Waals surface area contributed by atoms with E-state index in [0.717, 1.165) is 37.5 Å². The topological polar surface area (TPSA) is 149 Å². The second-order valence-corrected chi connectivity index (χ2v) is 9.93. The van der Waals surface area contributed by atoms with Crippen LogP contribution in [0.15, 0.2) is 42.5 Å². The van der Waals surface area contributed by atoms with Gasteiger partial charge in [-0.2, -0.15) is 0 Å². The van der Waals surface area contributed by atoms with Gasteiger partial charge in [-0.05, 0) is 68.1 Å². The highest BCUT2D eigenvalue weighted by Gasteiger charge is 2.31. The molecule has 1 saturated heterocycles. The number of unbranched alkanes of at least 4 members (excludes halogenated alkanes) is 3. The SMILES string of the molecule is O=C(CCCCCCNC(=O)[C@H]1CCCN(C(=O)c2ccc(NC(=O)Nc3ccc(OC(F)(F)F)cc3)c(F)c2)C1)NO. The van der Waals surface area contributed by atoms with Gasteiger partial charge in [0.15, 0.2) is 0 Å². The van der Waals surface area contributed by atoms with Crippen LogP contribution in [0.5, 0.6) is 5.75 Å². The molecule has 0 aliphatic carbocycles. The number of hydroxylamine groups is 1. The van der Waals surface area contributed by atoms with E-state index in [-0.39, 0.29) is 35.8 Å². The second-order valence-electron chi connectivity index (χ2n) is 9.93. The maximum atomic E-state index is 14.8. The number of nitrogens with zero attached hydrogens (tertiary/aromatic N) is 1. The lowest BCUT2D eigenvalue weighted by Crippen LogP contribution is -2.45. The van der Waals surface area contributed by atoms with E-state index < -0.39 is 41.7 Å². The number of amides is 5. The zero-order chi connectivity index (χ0) is 31.4. The van der Waals surface area contributed by atoms with Crippen molar-refractivity contribution >= 4 is 35.1 Å². The molecule has 1 atom stereocenters. The Kier molecular flexibility index (Phi) is 12.1. The molecule has 11 nitrogen and oxygen atoms in total. The van der Waals surface area contributed by atoms with Crippen molar-refractivity contribution in [3.8, 4) is 5.75 Å². The van der Waals surface area contributed by atoms with Gasteiger partial charge in [0.1, 0.15) is 11.6 Å². The lowest BCUT2D eigenvalue weighted by Gasteiger charge is -2.32. The first-order valence-corrected chi connectivity index (χ1v) is 13.7. The summed E-state index contributed by atoms with van der Waals surface area (Å²) in [6.07, 6.45) is -0.470. The summed E-state index contributed by atoms with van der Waals surface area (Å²) >= 11 is 0. The molecule has 1 aliphatic heterocycles. The van der Waals surface area contributed by atoms with Crippen molar-refractivity contribution in [2.45, 2.75) is 51.3 Å². The molecule has 43 heavy (non-hydrogen) atoms. The molecule has 234 valence electrons. The van der Waals surface area contributed by atoms with Crippen molar-refractivity contribution in [3.05, 3.63) is 53.8 Å². The largest absolute Gasteiger partial charge is 0.573 e. The Hall–Kier alpha value is -4.40. The minimum atomic E-state index is -4.85. The van der Waals surface area contributed by atoms with Gasteiger partial charge in [-0.1, -0.05) is 12.8 Å². The molecular weight excluding hydrogens is 578 g/mol. The van der Waals surface area contributed by atoms with Crippen molar-refractivity contribution in [1.29, 1.82) is 0 Å². The Morgan fingerprint density at radius 2 is 1.70 bits per heavy atom. The fourth-order valence-electron chi connectivity index (χ4n) is 4.51. The monoisotopic (exact) mass is 611 g/mol. The molecule has 0 radical (unpaired) electrons. The Morgan fingerprint density at radius 1 is 0.977 bits per heavy atom. The summed E-state index contributed by atoms with van der Waals surface area (Å²) in [6, 6.07) is 7.05. The number of alkyl halides is 3. The average molecular weight is 612 g/mol. The molecule has 2 aromatic carbocycles. The number of hydrogen-bond acceptors (Lipinski definition) is 6. The van der Waals surface area contributed by atoms with E-state index in [1.807, 2.05) is 0 Å². The molecule has 5 N–H and O–H groups in total. The van der Waals surface area contributed by atoms with Crippen LogP contribution < -0.4 is 26.2 Å². The molecule has 0 unspecified atom stereocenters. The highest BCUT2D eigenvalue weighted by molar-refractivity contribution is 6.00. The maximum absolute atomic E-state index is 14.8. The molecule has 0 spiro atoms. The molecule has 5 amide bonds. The number of anilines is 2. The zero-order valence-electron chi connectivity index (χ0n) is 23.1. The zero-order valence-corrected chi connectivity index (χ0v) is 23.1. The molecule has 0 saturated carbocycles. The average Bonchev–Trinajstić information content (AvgIpc) is 2.97. The van der Waals surface area contributed by atoms with Crippen LogP contribution in [-0.2, 0) is 9.59 Å². The molecule has 0 aromatic heterocycles. The van der Waals surface area contributed by atoms with Gasteiger partial charge in [0.25, 0.3) is 5.91 Å². The third-order valence-electron chi connectivity index (χ3n) is 6.64. The Balaban J connectivity index is 1.45. The minimum Gasteiger partial charge on any atom is -0.406 e. The van der Waals surface area contributed by atoms with Gasteiger partial charge in [-0.3, -0.25) is 19.6 Å². The van der Waals surface area contributed by atoms with Crippen LogP contribution in [0.25, 0.3) is 0 Å². The highest BCUT2D eigenvalue weighted by Crippen LogP contribution is 2.25. The molecule has 1 heterocycles. The number of rotatable bonds is 12. The quantitative estimate of drug-likeness (QED) is 0.101. The first-order valence-electron chi connectivity index (χ1n) is 13.7. The summed E-state index contributed by atoms with van der Waals surface area (Å²) in [5.41, 5.74) is 1.53. The van der Waals surface area contributed by atoms with Gasteiger partial charge < -0.3 is 25.6 Å². The normalized spacial score (nSPS) is 14.9. The number of ether oxygens (including phenoxy) is 1. The van der Waals surface area contributed by atoms with Crippen LogP contribution in [0.4, 0.5) is 33.7 Å². The first-order chi connectivity index (χ1) is 20.4. The van der Waals surface area contributed by atoms with Crippen LogP contribution in [0, 0.1) is 11.7 Å². The number of carbonyl (C=O) groups excluding carboxylic acids is 4. The number of hydrogen-bond donors (Lipinski definition) is 5. The fourth-order valence-corrected chi connectivity index (χ4v) is 4.51. The number of nitrogens with one attached hydrogen (secondary N) is 4. The smallest absolute Gasteiger partial charge is 0.406 e. The van der Waals surface area contributed by atoms with Gasteiger partial charge in [-0.15, -0.1) is 13.2 Å². The van der Waals surface area contributed by atoms with Crippen molar-refractivity contribution < 1.29 is 46.7 Å². The summed E-state index contributed by atoms with van der Waals surface area (Å²) in [6.45, 7) is 1.04. The molecule has 1 fully saturated rings. The van der Waals surface area contributed by atoms with Gasteiger partial charge in [0.05, 0.1) is 11.6 Å². The summed E-state index contributed by atoms with van der Waals surface area (Å²) < 4.78 is 55.4. The summed E-state index contributed by atoms with van der Waals surface area (Å²) in [7, 11) is 0. The van der Waals surface area contributed by atoms with E-state index in [4.69, 9.17) is 5.21 Å². The maximum Gasteiger partial charge on any atom is 0.573 e. The molecule has 0 bridgehead atoms. The summed E-state index contributed by atoms with van der Waals surface area (Å²) in [5, 5.41) is 16.0. The van der Waals surface area contributed by atoms with E-state index in [1.54, 1.807) is 5.48 Å². The van der Waals surface area contributed by atoms with E-state index in [0.29, 0.717) is 32.4 Å². The van der Waals surface area contributed by atoms with E-state index in [2.05, 4.69) is 20.7 Å². The van der Waals surface area contributed by atoms with Gasteiger partial charge >= 0.3 is 12.4 Å². The minimum absolute atomic E-state index is 0.0413. The Labute approximate surface area is 244 Å². The Morgan fingerprint density at radius 3 is 2.37 bits per heavy atom. The van der Waals surface area contributed by atoms with Crippen LogP contribution in [0.2, 0.25) is 0 Å². The predicted molar refractivity (Wildman–Crippen MR) is 147 cm³/mol. The van der Waals surface area contributed by atoms with Gasteiger partial charge in [-0.25, -0.2) is 14.7 Å². The third kappa shape index (κ3) is 11.1. The lowest BCUT2D eigenvalue weighted by molar-refractivity contribution is -0.274. The predicted octanol–water partition coefficient (Wildman–Crippen LogP) is 4.79. The molecule has 3 rings (SSSR count). The number of urea groups is 1. The standard InChI is InChI=1S/C28H33F4N5O6/c29-22-16-18(8-13-23(22)35-27(41)34-20-9-11-21(12-10-20)43-28(30,31)32)26(40)37-15-5-6-19(17-37)25(39)33-14-4-2-1-3-7-24(38)36-42/h8-13,16,19,42H,1-7,14-15,17H2,(H,33,39)(H,36,38)(H2,34,35,41)/t19-/m0/s1. The third-order valence-corrected chi connectivity index (χ3v) is 6.64. The van der Waals surface area contributed by atoms with Gasteiger partial charge in [0.2, 0.25) is 11.8 Å². The van der Waals surface area contributed by atoms with Gasteiger partial charge in [0, 0.05) is 37.3 Å². The van der Waals surface area contributed by atoms with Crippen LogP contribution in [-0.4, -0.2) is 59.9 Å². The van der Waals surface area contributed by atoms with Crippen LogP contribution in [0.1, 0.15) is 55.3 Å². The fraction of sp³-hybridized carbons (Fsp3) is 0.429. The van der Waals surface area contributed by atoms with Crippen molar-refractivity contribution in [1.82, 2.24) is 15.7 Å². The molecule has 1 aliphatic rings. The van der Waals surface area contributed by atoms with Crippen LogP contribution in [0.3, 0.4) is 0 Å². The Bertz CT molecular complexity index is 1280. The van der Waals surface area contributed by atoms with E-state index >= 15 is 0 Å². The molecule has 15 heteroatoms. The summed E-state index contributed by atoms with van der Waals surface area (Å²) in [5.74, 6) is -2.82. The van der Waals surface area contributed by atoms with Crippen molar-refractivity contribution in [3.63, 3.8) is 0 Å². The number of halogens is 4. The van der Waals surface area contributed by atoms with E-state index in [9.17, 15) is 36.7 Å². The number of piperidine rings is 1. The van der Waals surface area contributed by atoms with Crippen molar-refractivity contribution in [2.24, 2.45) is 5.92 Å². The number of carbonyl (C=O) groups is 4. The van der Waals surface area contributed by atoms with E-state index in [1.165, 1.54) is 29.2 Å². The molecular formula is C28H33F4N5O6. The number of likely N-dealkylation sites (tertiary alicyclic amines) is 1. The van der Waals surface area contributed by atoms with Crippen molar-refractivity contribution in [2.75, 3.05) is 30.3 Å². The second kappa shape index (κ2) is 15.7. The lowest BCUT2D eigenvalue weighted by atomic mass is 9.96. The summed E-state index contributed by atoms with van der Waals surface area (Å²) in [4.78, 5) is 50.4. The van der Waals surface area contributed by atoms with Crippen LogP contribution >= 0.6 is 0 Å². The molecule has 2 aromatic rings.